The molecule has 0 radical (unpaired) electrons. The summed E-state index contributed by atoms with van der Waals surface area (Å²) in [6, 6.07) is 8.74. The van der Waals surface area contributed by atoms with E-state index in [2.05, 4.69) is 46.0 Å². The summed E-state index contributed by atoms with van der Waals surface area (Å²) in [4.78, 5) is 8.76. The van der Waals surface area contributed by atoms with Crippen molar-refractivity contribution < 1.29 is 0 Å². The zero-order valence-corrected chi connectivity index (χ0v) is 12.0. The Hall–Kier alpha value is -2.43. The quantitative estimate of drug-likeness (QED) is 0.724. The number of fused-ring (bicyclic) bond motifs is 1. The molecule has 0 aliphatic carbocycles. The van der Waals surface area contributed by atoms with Crippen LogP contribution in [0.1, 0.15) is 31.6 Å². The lowest BCUT2D eigenvalue weighted by Gasteiger charge is -2.18. The Labute approximate surface area is 123 Å². The average Bonchev–Trinajstić information content (AvgIpc) is 3.18. The highest BCUT2D eigenvalue weighted by Gasteiger charge is 2.20. The SMILES string of the molecule is CC1CCCc2nc(-c3ccc(-n4ccnc4)cc3)nn21. The predicted octanol–water partition coefficient (Wildman–Crippen LogP) is 3.03. The fourth-order valence-corrected chi connectivity index (χ4v) is 2.87. The number of hydrogen-bond donors (Lipinski definition) is 0. The van der Waals surface area contributed by atoms with E-state index in [9.17, 15) is 0 Å². The fourth-order valence-electron chi connectivity index (χ4n) is 2.87. The number of rotatable bonds is 2. The van der Waals surface area contributed by atoms with Gasteiger partial charge in [0.2, 0.25) is 0 Å². The van der Waals surface area contributed by atoms with E-state index in [1.807, 2.05) is 10.8 Å². The van der Waals surface area contributed by atoms with Crippen LogP contribution in [0.15, 0.2) is 43.0 Å². The summed E-state index contributed by atoms with van der Waals surface area (Å²) in [6.45, 7) is 2.21. The molecular formula is C16H17N5. The van der Waals surface area contributed by atoms with Gasteiger partial charge < -0.3 is 4.57 Å². The molecule has 1 atom stereocenters. The van der Waals surface area contributed by atoms with Crippen molar-refractivity contribution in [1.29, 1.82) is 0 Å². The summed E-state index contributed by atoms with van der Waals surface area (Å²) >= 11 is 0. The van der Waals surface area contributed by atoms with Gasteiger partial charge in [0.05, 0.1) is 12.4 Å². The van der Waals surface area contributed by atoms with Crippen molar-refractivity contribution in [1.82, 2.24) is 24.3 Å². The van der Waals surface area contributed by atoms with Crippen LogP contribution in [0.3, 0.4) is 0 Å². The number of imidazole rings is 1. The van der Waals surface area contributed by atoms with Gasteiger partial charge in [0, 0.05) is 30.1 Å². The first kappa shape index (κ1) is 12.3. The Morgan fingerprint density at radius 2 is 2.05 bits per heavy atom. The molecule has 21 heavy (non-hydrogen) atoms. The number of benzene rings is 1. The molecule has 0 saturated heterocycles. The van der Waals surface area contributed by atoms with E-state index in [-0.39, 0.29) is 0 Å². The van der Waals surface area contributed by atoms with Gasteiger partial charge in [-0.2, -0.15) is 5.10 Å². The van der Waals surface area contributed by atoms with Crippen LogP contribution in [0, 0.1) is 0 Å². The van der Waals surface area contributed by atoms with E-state index in [4.69, 9.17) is 4.98 Å². The molecule has 3 heterocycles. The van der Waals surface area contributed by atoms with Gasteiger partial charge in [0.25, 0.3) is 0 Å². The number of hydrogen-bond acceptors (Lipinski definition) is 3. The normalized spacial score (nSPS) is 17.7. The molecule has 0 N–H and O–H groups in total. The molecule has 1 aromatic carbocycles. The second-order valence-corrected chi connectivity index (χ2v) is 5.55. The third kappa shape index (κ3) is 2.14. The molecule has 4 rings (SSSR count). The van der Waals surface area contributed by atoms with E-state index >= 15 is 0 Å². The van der Waals surface area contributed by atoms with E-state index < -0.39 is 0 Å². The minimum Gasteiger partial charge on any atom is -0.306 e. The van der Waals surface area contributed by atoms with Crippen LogP contribution < -0.4 is 0 Å². The first-order chi connectivity index (χ1) is 10.3. The van der Waals surface area contributed by atoms with Crippen molar-refractivity contribution in [2.45, 2.75) is 32.2 Å². The molecule has 1 unspecified atom stereocenters. The van der Waals surface area contributed by atoms with Crippen LogP contribution in [0.5, 0.6) is 0 Å². The lowest BCUT2D eigenvalue weighted by Crippen LogP contribution is -2.16. The van der Waals surface area contributed by atoms with Crippen LogP contribution in [-0.4, -0.2) is 24.3 Å². The fraction of sp³-hybridized carbons (Fsp3) is 0.312. The van der Waals surface area contributed by atoms with Crippen molar-refractivity contribution in [3.8, 4) is 17.1 Å². The minimum atomic E-state index is 0.459. The largest absolute Gasteiger partial charge is 0.306 e. The molecule has 0 saturated carbocycles. The molecule has 0 amide bonds. The monoisotopic (exact) mass is 279 g/mol. The number of aromatic nitrogens is 5. The van der Waals surface area contributed by atoms with E-state index in [1.165, 1.54) is 12.8 Å². The van der Waals surface area contributed by atoms with Gasteiger partial charge in [-0.15, -0.1) is 0 Å². The number of aryl methyl sites for hydroxylation is 1. The van der Waals surface area contributed by atoms with Gasteiger partial charge >= 0.3 is 0 Å². The van der Waals surface area contributed by atoms with Crippen molar-refractivity contribution in [3.63, 3.8) is 0 Å². The molecule has 106 valence electrons. The Bertz CT molecular complexity index is 740. The van der Waals surface area contributed by atoms with E-state index in [0.29, 0.717) is 6.04 Å². The first-order valence-corrected chi connectivity index (χ1v) is 7.35. The van der Waals surface area contributed by atoms with Crippen LogP contribution in [0.2, 0.25) is 0 Å². The summed E-state index contributed by atoms with van der Waals surface area (Å²) in [5.41, 5.74) is 2.15. The molecule has 5 nitrogen and oxygen atoms in total. The highest BCUT2D eigenvalue weighted by molar-refractivity contribution is 5.57. The third-order valence-corrected chi connectivity index (χ3v) is 4.07. The molecule has 0 bridgehead atoms. The molecule has 1 aliphatic rings. The molecule has 1 aliphatic heterocycles. The van der Waals surface area contributed by atoms with Crippen molar-refractivity contribution in [3.05, 3.63) is 48.8 Å². The standard InChI is InChI=1S/C16H17N5/c1-12-3-2-4-15-18-16(19-21(12)15)13-5-7-14(8-6-13)20-10-9-17-11-20/h5-12H,2-4H2,1H3. The van der Waals surface area contributed by atoms with Gasteiger partial charge in [-0.3, -0.25) is 0 Å². The van der Waals surface area contributed by atoms with Crippen LogP contribution in [-0.2, 0) is 6.42 Å². The molecule has 3 aromatic rings. The Morgan fingerprint density at radius 1 is 1.19 bits per heavy atom. The Morgan fingerprint density at radius 3 is 2.76 bits per heavy atom. The topological polar surface area (TPSA) is 48.5 Å². The summed E-state index contributed by atoms with van der Waals surface area (Å²) in [5, 5.41) is 4.68. The highest BCUT2D eigenvalue weighted by atomic mass is 15.4. The smallest absolute Gasteiger partial charge is 0.181 e. The lowest BCUT2D eigenvalue weighted by molar-refractivity contribution is 0.389. The summed E-state index contributed by atoms with van der Waals surface area (Å²) < 4.78 is 4.07. The van der Waals surface area contributed by atoms with Gasteiger partial charge in [-0.1, -0.05) is 0 Å². The van der Waals surface area contributed by atoms with Crippen molar-refractivity contribution in [2.24, 2.45) is 0 Å². The van der Waals surface area contributed by atoms with E-state index in [0.717, 1.165) is 29.3 Å². The van der Waals surface area contributed by atoms with Crippen LogP contribution in [0.25, 0.3) is 17.1 Å². The maximum atomic E-state index is 4.70. The maximum absolute atomic E-state index is 4.70. The third-order valence-electron chi connectivity index (χ3n) is 4.07. The van der Waals surface area contributed by atoms with Crippen molar-refractivity contribution in [2.75, 3.05) is 0 Å². The molecule has 5 heteroatoms. The van der Waals surface area contributed by atoms with Gasteiger partial charge in [0.15, 0.2) is 5.82 Å². The zero-order chi connectivity index (χ0) is 14.2. The minimum absolute atomic E-state index is 0.459. The molecule has 0 fully saturated rings. The number of nitrogens with zero attached hydrogens (tertiary/aromatic N) is 5. The summed E-state index contributed by atoms with van der Waals surface area (Å²) in [5.74, 6) is 1.94. The molecule has 0 spiro atoms. The lowest BCUT2D eigenvalue weighted by atomic mass is 10.1. The van der Waals surface area contributed by atoms with Gasteiger partial charge in [-0.25, -0.2) is 14.6 Å². The summed E-state index contributed by atoms with van der Waals surface area (Å²) in [7, 11) is 0. The van der Waals surface area contributed by atoms with E-state index in [1.54, 1.807) is 12.5 Å². The van der Waals surface area contributed by atoms with Crippen molar-refractivity contribution >= 4 is 0 Å². The Kier molecular flexibility index (Phi) is 2.84. The van der Waals surface area contributed by atoms with Crippen LogP contribution >= 0.6 is 0 Å². The second kappa shape index (κ2) is 4.84. The average molecular weight is 279 g/mol. The van der Waals surface area contributed by atoms with Gasteiger partial charge in [0.1, 0.15) is 5.82 Å². The molecule has 2 aromatic heterocycles. The summed E-state index contributed by atoms with van der Waals surface area (Å²) in [6.07, 6.45) is 8.94. The zero-order valence-electron chi connectivity index (χ0n) is 12.0. The maximum Gasteiger partial charge on any atom is 0.181 e. The van der Waals surface area contributed by atoms with Gasteiger partial charge in [-0.05, 0) is 44.0 Å². The Balaban J connectivity index is 1.68. The first-order valence-electron chi connectivity index (χ1n) is 7.35. The highest BCUT2D eigenvalue weighted by Crippen LogP contribution is 2.26. The predicted molar refractivity (Wildman–Crippen MR) is 80.2 cm³/mol. The second-order valence-electron chi connectivity index (χ2n) is 5.55. The molecular weight excluding hydrogens is 262 g/mol. The van der Waals surface area contributed by atoms with Crippen LogP contribution in [0.4, 0.5) is 0 Å².